The van der Waals surface area contributed by atoms with Gasteiger partial charge in [0.05, 0.1) is 0 Å². The Morgan fingerprint density at radius 2 is 1.86 bits per heavy atom. The number of nitrogens with two attached hydrogens (primary N) is 1. The number of carboxylic acids is 1. The first kappa shape index (κ1) is 15.4. The van der Waals surface area contributed by atoms with Gasteiger partial charge in [-0.25, -0.2) is 4.79 Å². The third kappa shape index (κ3) is 13.5. The molecule has 0 aromatic carbocycles. The van der Waals surface area contributed by atoms with E-state index in [1.54, 1.807) is 0 Å². The molecular weight excluding hydrogens is 199 g/mol. The normalized spacial score (nSPS) is 10.0. The number of alkyl halides is 3. The first-order valence-electron chi connectivity index (χ1n) is 3.97. The molecule has 0 unspecified atom stereocenters. The maximum absolute atomic E-state index is 10.6. The van der Waals surface area contributed by atoms with Gasteiger partial charge >= 0.3 is 12.1 Å². The third-order valence-electron chi connectivity index (χ3n) is 1.10. The fourth-order valence-corrected chi connectivity index (χ4v) is 0.433. The van der Waals surface area contributed by atoms with Crippen LogP contribution in [0.15, 0.2) is 12.7 Å². The van der Waals surface area contributed by atoms with E-state index in [2.05, 4.69) is 6.58 Å². The number of unbranched alkanes of at least 4 members (excludes halogenated alkanes) is 2. The van der Waals surface area contributed by atoms with Crippen LogP contribution in [0, 0.1) is 0 Å². The Labute approximate surface area is 80.4 Å². The molecule has 0 aromatic heterocycles. The number of allylic oxidation sites excluding steroid dienone is 1. The van der Waals surface area contributed by atoms with E-state index in [0.717, 1.165) is 19.4 Å². The molecule has 6 heteroatoms. The SMILES string of the molecule is C=CCCCCN.O=C(O)C(F)(F)F. The summed E-state index contributed by atoms with van der Waals surface area (Å²) in [7, 11) is 0. The molecule has 0 amide bonds. The van der Waals surface area contributed by atoms with E-state index < -0.39 is 12.1 Å². The maximum atomic E-state index is 10.6. The molecule has 0 aliphatic rings. The monoisotopic (exact) mass is 213 g/mol. The lowest BCUT2D eigenvalue weighted by atomic mass is 10.2. The summed E-state index contributed by atoms with van der Waals surface area (Å²) in [4.78, 5) is 8.90. The van der Waals surface area contributed by atoms with Gasteiger partial charge in [-0.15, -0.1) is 6.58 Å². The molecule has 0 radical (unpaired) electrons. The van der Waals surface area contributed by atoms with Crippen LogP contribution in [0.1, 0.15) is 19.3 Å². The maximum Gasteiger partial charge on any atom is 0.490 e. The lowest BCUT2D eigenvalue weighted by Gasteiger charge is -1.93. The van der Waals surface area contributed by atoms with Gasteiger partial charge in [-0.05, 0) is 25.8 Å². The number of hydrogen-bond donors (Lipinski definition) is 2. The lowest BCUT2D eigenvalue weighted by molar-refractivity contribution is -0.192. The summed E-state index contributed by atoms with van der Waals surface area (Å²) < 4.78 is 31.7. The van der Waals surface area contributed by atoms with Crippen LogP contribution in [0.4, 0.5) is 13.2 Å². The van der Waals surface area contributed by atoms with Crippen LogP contribution >= 0.6 is 0 Å². The zero-order valence-corrected chi connectivity index (χ0v) is 7.68. The Bertz CT molecular complexity index is 168. The van der Waals surface area contributed by atoms with Crippen LogP contribution in [0.2, 0.25) is 0 Å². The van der Waals surface area contributed by atoms with Gasteiger partial charge in [-0.3, -0.25) is 0 Å². The van der Waals surface area contributed by atoms with Crippen molar-refractivity contribution in [3.8, 4) is 0 Å². The van der Waals surface area contributed by atoms with Crippen molar-refractivity contribution in [2.45, 2.75) is 25.4 Å². The molecule has 0 atom stereocenters. The van der Waals surface area contributed by atoms with E-state index in [4.69, 9.17) is 15.6 Å². The summed E-state index contributed by atoms with van der Waals surface area (Å²) >= 11 is 0. The molecule has 0 fully saturated rings. The van der Waals surface area contributed by atoms with Crippen LogP contribution in [0.3, 0.4) is 0 Å². The Kier molecular flexibility index (Phi) is 9.43. The molecule has 0 aliphatic heterocycles. The van der Waals surface area contributed by atoms with Crippen molar-refractivity contribution in [1.29, 1.82) is 0 Å². The summed E-state index contributed by atoms with van der Waals surface area (Å²) in [5.74, 6) is -2.76. The fraction of sp³-hybridized carbons (Fsp3) is 0.625. The second kappa shape index (κ2) is 8.55. The van der Waals surface area contributed by atoms with Gasteiger partial charge in [0.25, 0.3) is 0 Å². The van der Waals surface area contributed by atoms with E-state index in [-0.39, 0.29) is 0 Å². The zero-order valence-electron chi connectivity index (χ0n) is 7.68. The number of carbonyl (C=O) groups is 1. The molecule has 14 heavy (non-hydrogen) atoms. The summed E-state index contributed by atoms with van der Waals surface area (Å²) in [6.45, 7) is 4.41. The second-order valence-corrected chi connectivity index (χ2v) is 2.38. The summed E-state index contributed by atoms with van der Waals surface area (Å²) in [6, 6.07) is 0. The molecule has 0 aromatic rings. The summed E-state index contributed by atoms with van der Waals surface area (Å²) in [5, 5.41) is 7.12. The van der Waals surface area contributed by atoms with Gasteiger partial charge in [-0.1, -0.05) is 6.08 Å². The predicted octanol–water partition coefficient (Wildman–Crippen LogP) is 1.93. The third-order valence-corrected chi connectivity index (χ3v) is 1.10. The minimum Gasteiger partial charge on any atom is -0.475 e. The average Bonchev–Trinajstić information content (AvgIpc) is 2.05. The fourth-order valence-electron chi connectivity index (χ4n) is 0.433. The highest BCUT2D eigenvalue weighted by Crippen LogP contribution is 2.13. The van der Waals surface area contributed by atoms with E-state index in [1.165, 1.54) is 6.42 Å². The first-order valence-corrected chi connectivity index (χ1v) is 3.97. The van der Waals surface area contributed by atoms with Crippen LogP contribution in [-0.4, -0.2) is 23.8 Å². The smallest absolute Gasteiger partial charge is 0.475 e. The van der Waals surface area contributed by atoms with E-state index in [1.807, 2.05) is 6.08 Å². The molecule has 84 valence electrons. The van der Waals surface area contributed by atoms with Gasteiger partial charge in [0.15, 0.2) is 0 Å². The summed E-state index contributed by atoms with van der Waals surface area (Å²) in [5.41, 5.74) is 5.23. The number of rotatable bonds is 4. The predicted molar refractivity (Wildman–Crippen MR) is 46.8 cm³/mol. The first-order chi connectivity index (χ1) is 6.36. The van der Waals surface area contributed by atoms with Crippen molar-refractivity contribution >= 4 is 5.97 Å². The largest absolute Gasteiger partial charge is 0.490 e. The van der Waals surface area contributed by atoms with Crippen molar-refractivity contribution < 1.29 is 23.1 Å². The van der Waals surface area contributed by atoms with Crippen LogP contribution in [-0.2, 0) is 4.79 Å². The molecule has 0 spiro atoms. The topological polar surface area (TPSA) is 63.3 Å². The number of halogens is 3. The summed E-state index contributed by atoms with van der Waals surface area (Å²) in [6.07, 6.45) is 0.277. The Balaban J connectivity index is 0. The second-order valence-electron chi connectivity index (χ2n) is 2.38. The zero-order chi connectivity index (χ0) is 11.6. The Morgan fingerprint density at radius 1 is 1.43 bits per heavy atom. The molecule has 0 heterocycles. The molecule has 0 saturated heterocycles. The molecular formula is C8H14F3NO2. The van der Waals surface area contributed by atoms with Gasteiger partial charge in [0, 0.05) is 0 Å². The van der Waals surface area contributed by atoms with Crippen molar-refractivity contribution in [2.24, 2.45) is 5.73 Å². The highest BCUT2D eigenvalue weighted by atomic mass is 19.4. The van der Waals surface area contributed by atoms with Crippen molar-refractivity contribution in [2.75, 3.05) is 6.54 Å². The van der Waals surface area contributed by atoms with Crippen molar-refractivity contribution in [3.05, 3.63) is 12.7 Å². The Hall–Kier alpha value is -1.04. The highest BCUT2D eigenvalue weighted by molar-refractivity contribution is 5.73. The lowest BCUT2D eigenvalue weighted by Crippen LogP contribution is -2.21. The Morgan fingerprint density at radius 3 is 2.07 bits per heavy atom. The van der Waals surface area contributed by atoms with Crippen LogP contribution in [0.5, 0.6) is 0 Å². The van der Waals surface area contributed by atoms with Crippen LogP contribution < -0.4 is 5.73 Å². The van der Waals surface area contributed by atoms with Crippen LogP contribution in [0.25, 0.3) is 0 Å². The van der Waals surface area contributed by atoms with Gasteiger partial charge in [0.1, 0.15) is 0 Å². The van der Waals surface area contributed by atoms with E-state index in [0.29, 0.717) is 0 Å². The molecule has 0 rings (SSSR count). The molecule has 0 saturated carbocycles. The van der Waals surface area contributed by atoms with Gasteiger partial charge < -0.3 is 10.8 Å². The van der Waals surface area contributed by atoms with Crippen molar-refractivity contribution in [1.82, 2.24) is 0 Å². The average molecular weight is 213 g/mol. The molecule has 3 nitrogen and oxygen atoms in total. The minimum absolute atomic E-state index is 0.813. The number of carboxylic acid groups (broad SMARTS) is 1. The highest BCUT2D eigenvalue weighted by Gasteiger charge is 2.38. The van der Waals surface area contributed by atoms with E-state index in [9.17, 15) is 13.2 Å². The van der Waals surface area contributed by atoms with Crippen molar-refractivity contribution in [3.63, 3.8) is 0 Å². The molecule has 0 bridgehead atoms. The standard InChI is InChI=1S/C6H13N.C2HF3O2/c1-2-3-4-5-6-7;3-2(4,5)1(6)7/h2H,1,3-7H2;(H,6,7). The van der Waals surface area contributed by atoms with Gasteiger partial charge in [-0.2, -0.15) is 13.2 Å². The number of hydrogen-bond acceptors (Lipinski definition) is 2. The minimum atomic E-state index is -5.08. The number of aliphatic carboxylic acids is 1. The quantitative estimate of drug-likeness (QED) is 0.554. The molecule has 0 aliphatic carbocycles. The van der Waals surface area contributed by atoms with Gasteiger partial charge in [0.2, 0.25) is 0 Å². The van der Waals surface area contributed by atoms with E-state index >= 15 is 0 Å². The molecule has 3 N–H and O–H groups in total.